The van der Waals surface area contributed by atoms with Gasteiger partial charge in [-0.05, 0) is 41.0 Å². The van der Waals surface area contributed by atoms with Crippen LogP contribution in [-0.2, 0) is 22.6 Å². The van der Waals surface area contributed by atoms with E-state index in [-0.39, 0.29) is 30.7 Å². The van der Waals surface area contributed by atoms with E-state index in [1.807, 2.05) is 19.1 Å². The zero-order valence-corrected chi connectivity index (χ0v) is 25.5. The molecule has 4 aromatic rings. The standard InChI is InChI=1S/C34H28F5NO6S/c1-17-24(16-47-23-12-10-21(11-13-23)33(43)44)45-34(46-31(17)20-6-4-19(15-41)5-7-20)22-8-2-18(3-9-22)14-40-32(42)25-26(35)28(37)30(39)29(38)27(25)36/h2-13,17,24,31,34,41H,14-16H2,1H3,(H,40,42)(H,43,44)/t17-,24+,31+,34+/m0/s1. The van der Waals surface area contributed by atoms with Crippen molar-refractivity contribution in [2.75, 3.05) is 5.75 Å². The molecular weight excluding hydrogens is 645 g/mol. The zero-order chi connectivity index (χ0) is 33.8. The molecule has 1 amide bonds. The van der Waals surface area contributed by atoms with Crippen molar-refractivity contribution >= 4 is 23.6 Å². The average Bonchev–Trinajstić information content (AvgIpc) is 3.09. The summed E-state index contributed by atoms with van der Waals surface area (Å²) in [5, 5.41) is 20.8. The fourth-order valence-corrected chi connectivity index (χ4v) is 6.12. The van der Waals surface area contributed by atoms with Crippen LogP contribution in [0.5, 0.6) is 0 Å². The van der Waals surface area contributed by atoms with E-state index in [4.69, 9.17) is 9.47 Å². The lowest BCUT2D eigenvalue weighted by molar-refractivity contribution is -0.268. The van der Waals surface area contributed by atoms with Crippen molar-refractivity contribution in [2.24, 2.45) is 5.92 Å². The van der Waals surface area contributed by atoms with E-state index in [1.165, 1.54) is 23.9 Å². The van der Waals surface area contributed by atoms with Gasteiger partial charge in [0.25, 0.3) is 5.91 Å². The highest BCUT2D eigenvalue weighted by Gasteiger charge is 2.38. The number of hydrogen-bond donors (Lipinski definition) is 3. The maximum Gasteiger partial charge on any atom is 0.335 e. The number of benzene rings is 4. The highest BCUT2D eigenvalue weighted by molar-refractivity contribution is 7.99. The normalized spacial score (nSPS) is 19.4. The van der Waals surface area contributed by atoms with Gasteiger partial charge in [-0.3, -0.25) is 4.79 Å². The first-order valence-corrected chi connectivity index (χ1v) is 15.3. The number of halogens is 5. The lowest BCUT2D eigenvalue weighted by Crippen LogP contribution is -2.38. The second kappa shape index (κ2) is 14.6. The van der Waals surface area contributed by atoms with Gasteiger partial charge < -0.3 is 25.0 Å². The fourth-order valence-electron chi connectivity index (χ4n) is 5.05. The first kappa shape index (κ1) is 34.0. The largest absolute Gasteiger partial charge is 0.478 e. The molecule has 1 fully saturated rings. The monoisotopic (exact) mass is 673 g/mol. The number of nitrogens with one attached hydrogen (secondary N) is 1. The van der Waals surface area contributed by atoms with Crippen LogP contribution in [0.15, 0.2) is 77.7 Å². The number of carbonyl (C=O) groups is 2. The molecule has 0 aliphatic carbocycles. The van der Waals surface area contributed by atoms with Crippen LogP contribution in [0.2, 0.25) is 0 Å². The van der Waals surface area contributed by atoms with Crippen LogP contribution in [0.1, 0.15) is 62.3 Å². The molecule has 1 heterocycles. The summed E-state index contributed by atoms with van der Waals surface area (Å²) in [4.78, 5) is 24.4. The lowest BCUT2D eigenvalue weighted by Gasteiger charge is -2.41. The predicted octanol–water partition coefficient (Wildman–Crippen LogP) is 7.09. The van der Waals surface area contributed by atoms with Crippen molar-refractivity contribution < 1.29 is 51.2 Å². The first-order valence-electron chi connectivity index (χ1n) is 14.3. The Morgan fingerprint density at radius 1 is 0.766 bits per heavy atom. The maximum absolute atomic E-state index is 14.0. The minimum atomic E-state index is -2.35. The summed E-state index contributed by atoms with van der Waals surface area (Å²) in [6.45, 7) is 1.61. The van der Waals surface area contributed by atoms with E-state index < -0.39 is 58.9 Å². The Labute approximate surface area is 270 Å². The zero-order valence-electron chi connectivity index (χ0n) is 24.7. The third-order valence-corrected chi connectivity index (χ3v) is 8.88. The van der Waals surface area contributed by atoms with Crippen LogP contribution in [-0.4, -0.2) is 33.9 Å². The van der Waals surface area contributed by atoms with Gasteiger partial charge >= 0.3 is 5.97 Å². The van der Waals surface area contributed by atoms with Crippen molar-refractivity contribution in [3.05, 3.63) is 135 Å². The molecule has 13 heteroatoms. The molecular formula is C34H28F5NO6S. The molecule has 3 N–H and O–H groups in total. The molecule has 0 spiro atoms. The Kier molecular flexibility index (Phi) is 10.6. The molecule has 1 aliphatic heterocycles. The van der Waals surface area contributed by atoms with E-state index >= 15 is 0 Å². The summed E-state index contributed by atoms with van der Waals surface area (Å²) >= 11 is 1.50. The van der Waals surface area contributed by atoms with E-state index in [2.05, 4.69) is 5.32 Å². The number of amides is 1. The number of carbonyl (C=O) groups excluding carboxylic acids is 1. The smallest absolute Gasteiger partial charge is 0.335 e. The van der Waals surface area contributed by atoms with E-state index in [0.29, 0.717) is 16.9 Å². The quantitative estimate of drug-likeness (QED) is 0.0715. The Bertz CT molecular complexity index is 1730. The van der Waals surface area contributed by atoms with Crippen molar-refractivity contribution in [1.82, 2.24) is 5.32 Å². The van der Waals surface area contributed by atoms with Crippen LogP contribution in [0.4, 0.5) is 22.0 Å². The summed E-state index contributed by atoms with van der Waals surface area (Å²) in [7, 11) is 0. The number of hydrogen-bond acceptors (Lipinski definition) is 6. The molecule has 0 aromatic heterocycles. The summed E-state index contributed by atoms with van der Waals surface area (Å²) in [5.74, 6) is -13.3. The van der Waals surface area contributed by atoms with Crippen molar-refractivity contribution in [2.45, 2.75) is 43.5 Å². The van der Waals surface area contributed by atoms with Gasteiger partial charge in [0.2, 0.25) is 5.82 Å². The van der Waals surface area contributed by atoms with Crippen LogP contribution < -0.4 is 5.32 Å². The minimum Gasteiger partial charge on any atom is -0.478 e. The Hall–Kier alpha value is -4.30. The Balaban J connectivity index is 1.31. The summed E-state index contributed by atoms with van der Waals surface area (Å²) < 4.78 is 81.3. The van der Waals surface area contributed by atoms with Crippen molar-refractivity contribution in [1.29, 1.82) is 0 Å². The molecule has 0 unspecified atom stereocenters. The van der Waals surface area contributed by atoms with Crippen LogP contribution in [0.3, 0.4) is 0 Å². The van der Waals surface area contributed by atoms with E-state index in [0.717, 1.165) is 16.0 Å². The minimum absolute atomic E-state index is 0.110. The molecule has 47 heavy (non-hydrogen) atoms. The molecule has 0 radical (unpaired) electrons. The van der Waals surface area contributed by atoms with Gasteiger partial charge in [-0.1, -0.05) is 55.5 Å². The molecule has 4 aromatic carbocycles. The number of rotatable bonds is 10. The summed E-state index contributed by atoms with van der Waals surface area (Å²) in [6.07, 6.45) is -1.55. The van der Waals surface area contributed by atoms with Crippen LogP contribution >= 0.6 is 11.8 Å². The summed E-state index contributed by atoms with van der Waals surface area (Å²) in [5.41, 5.74) is 1.29. The van der Waals surface area contributed by atoms with Gasteiger partial charge in [-0.15, -0.1) is 11.8 Å². The number of aliphatic hydroxyl groups is 1. The maximum atomic E-state index is 14.0. The highest BCUT2D eigenvalue weighted by atomic mass is 32.2. The van der Waals surface area contributed by atoms with Gasteiger partial charge in [0.1, 0.15) is 5.56 Å². The van der Waals surface area contributed by atoms with E-state index in [1.54, 1.807) is 48.5 Å². The van der Waals surface area contributed by atoms with E-state index in [9.17, 15) is 41.8 Å². The first-order chi connectivity index (χ1) is 22.5. The molecule has 7 nitrogen and oxygen atoms in total. The Morgan fingerprint density at radius 2 is 1.32 bits per heavy atom. The second-order valence-electron chi connectivity index (χ2n) is 10.8. The SMILES string of the molecule is C[C@H]1[C@@H](CSc2ccc(C(=O)O)cc2)O[C@@H](c2ccc(CNC(=O)c3c(F)c(F)c(F)c(F)c3F)cc2)O[C@H]1c1ccc(CO)cc1. The van der Waals surface area contributed by atoms with Gasteiger partial charge in [0.05, 0.1) is 24.4 Å². The summed E-state index contributed by atoms with van der Waals surface area (Å²) in [6, 6.07) is 20.4. The topological polar surface area (TPSA) is 105 Å². The van der Waals surface area contributed by atoms with Crippen molar-refractivity contribution in [3.63, 3.8) is 0 Å². The molecule has 4 atom stereocenters. The number of aliphatic hydroxyl groups excluding tert-OH is 1. The molecule has 5 rings (SSSR count). The lowest BCUT2D eigenvalue weighted by atomic mass is 9.91. The van der Waals surface area contributed by atoms with Gasteiger partial charge in [-0.2, -0.15) is 0 Å². The third kappa shape index (κ3) is 7.49. The molecule has 1 saturated heterocycles. The fraction of sp³-hybridized carbons (Fsp3) is 0.235. The van der Waals surface area contributed by atoms with Crippen LogP contribution in [0, 0.1) is 35.0 Å². The highest BCUT2D eigenvalue weighted by Crippen LogP contribution is 2.43. The van der Waals surface area contributed by atoms with Crippen molar-refractivity contribution in [3.8, 4) is 0 Å². The third-order valence-electron chi connectivity index (χ3n) is 7.78. The number of ether oxygens (including phenoxy) is 2. The number of carboxylic acids is 1. The number of carboxylic acid groups (broad SMARTS) is 1. The number of aromatic carboxylic acids is 1. The van der Waals surface area contributed by atoms with Crippen LogP contribution in [0.25, 0.3) is 0 Å². The number of thioether (sulfide) groups is 1. The molecule has 0 saturated carbocycles. The predicted molar refractivity (Wildman–Crippen MR) is 161 cm³/mol. The Morgan fingerprint density at radius 3 is 1.89 bits per heavy atom. The van der Waals surface area contributed by atoms with Gasteiger partial charge in [-0.25, -0.2) is 26.7 Å². The molecule has 0 bridgehead atoms. The second-order valence-corrected chi connectivity index (χ2v) is 11.9. The van der Waals surface area contributed by atoms with Gasteiger partial charge in [0.15, 0.2) is 29.6 Å². The average molecular weight is 674 g/mol. The van der Waals surface area contributed by atoms with Gasteiger partial charge in [0, 0.05) is 28.7 Å². The molecule has 1 aliphatic rings. The molecule has 246 valence electrons.